The van der Waals surface area contributed by atoms with Crippen LogP contribution in [0, 0.1) is 17.2 Å². The van der Waals surface area contributed by atoms with E-state index in [-0.39, 0.29) is 5.91 Å². The van der Waals surface area contributed by atoms with Gasteiger partial charge in [0.1, 0.15) is 17.0 Å². The molecule has 3 heterocycles. The van der Waals surface area contributed by atoms with E-state index in [9.17, 15) is 14.9 Å². The topological polar surface area (TPSA) is 73.6 Å². The number of thiophene rings is 1. The number of hydrogen-bond acceptors (Lipinski definition) is 6. The van der Waals surface area contributed by atoms with Crippen molar-refractivity contribution >= 4 is 57.0 Å². The summed E-state index contributed by atoms with van der Waals surface area (Å²) in [5.74, 6) is -1.67. The lowest BCUT2D eigenvalue weighted by molar-refractivity contribution is -0.126. The zero-order chi connectivity index (χ0) is 24.3. The Morgan fingerprint density at radius 1 is 1.03 bits per heavy atom. The van der Waals surface area contributed by atoms with E-state index < -0.39 is 24.0 Å². The van der Waals surface area contributed by atoms with E-state index in [1.54, 1.807) is 23.3 Å². The number of hydroxylamine groups is 1. The Balaban J connectivity index is 1.46. The number of para-hydroxylation sites is 1. The molecule has 0 N–H and O–H groups in total. The van der Waals surface area contributed by atoms with Crippen molar-refractivity contribution in [3.05, 3.63) is 80.1 Å². The van der Waals surface area contributed by atoms with Crippen molar-refractivity contribution in [2.45, 2.75) is 37.8 Å². The molecule has 2 aromatic carbocycles. The number of benzene rings is 2. The van der Waals surface area contributed by atoms with Crippen LogP contribution in [0.1, 0.15) is 40.5 Å². The summed E-state index contributed by atoms with van der Waals surface area (Å²) in [6, 6.07) is 16.0. The third-order valence-electron chi connectivity index (χ3n) is 6.87. The van der Waals surface area contributed by atoms with Crippen LogP contribution < -0.4 is 9.96 Å². The fourth-order valence-electron chi connectivity index (χ4n) is 5.29. The highest BCUT2D eigenvalue weighted by Crippen LogP contribution is 2.51. The smallest absolute Gasteiger partial charge is 0.267 e. The van der Waals surface area contributed by atoms with Crippen molar-refractivity contribution in [1.82, 2.24) is 0 Å². The highest BCUT2D eigenvalue weighted by atomic mass is 35.5. The number of amides is 2. The van der Waals surface area contributed by atoms with Crippen molar-refractivity contribution < 1.29 is 14.4 Å². The molecule has 0 spiro atoms. The number of hydrogen-bond donors (Lipinski definition) is 0. The van der Waals surface area contributed by atoms with Crippen LogP contribution in [0.25, 0.3) is 0 Å². The molecule has 0 saturated carbocycles. The maximum atomic E-state index is 13.9. The van der Waals surface area contributed by atoms with Gasteiger partial charge < -0.3 is 0 Å². The molecule has 6 nitrogen and oxygen atoms in total. The predicted octanol–water partition coefficient (Wildman–Crippen LogP) is 5.86. The third kappa shape index (κ3) is 3.47. The molecule has 1 aliphatic carbocycles. The predicted molar refractivity (Wildman–Crippen MR) is 135 cm³/mol. The molecule has 6 rings (SSSR count). The maximum absolute atomic E-state index is 13.9. The summed E-state index contributed by atoms with van der Waals surface area (Å²) in [7, 11) is 0. The molecular formula is C26H19Cl2N3O3S. The molecule has 9 heteroatoms. The number of rotatable bonds is 3. The van der Waals surface area contributed by atoms with Crippen LogP contribution in [0.4, 0.5) is 10.7 Å². The molecule has 2 saturated heterocycles. The molecule has 176 valence electrons. The van der Waals surface area contributed by atoms with Crippen LogP contribution in [0.15, 0.2) is 48.5 Å². The van der Waals surface area contributed by atoms with Gasteiger partial charge in [0.25, 0.3) is 5.91 Å². The van der Waals surface area contributed by atoms with Crippen LogP contribution in [0.2, 0.25) is 10.0 Å². The first-order chi connectivity index (χ1) is 17.0. The van der Waals surface area contributed by atoms with Crippen molar-refractivity contribution in [3.63, 3.8) is 0 Å². The van der Waals surface area contributed by atoms with Crippen molar-refractivity contribution in [2.75, 3.05) is 9.96 Å². The fraction of sp³-hybridized carbons (Fsp3) is 0.269. The molecule has 3 aromatic rings. The number of fused-ring (bicyclic) bond motifs is 2. The summed E-state index contributed by atoms with van der Waals surface area (Å²) in [6.45, 7) is 0. The minimum atomic E-state index is -1.02. The third-order valence-corrected chi connectivity index (χ3v) is 8.71. The van der Waals surface area contributed by atoms with Gasteiger partial charge in [0.05, 0.1) is 17.3 Å². The Kier molecular flexibility index (Phi) is 5.58. The first kappa shape index (κ1) is 22.6. The molecule has 2 amide bonds. The second kappa shape index (κ2) is 8.65. The van der Waals surface area contributed by atoms with Gasteiger partial charge in [-0.15, -0.1) is 11.3 Å². The number of halogens is 2. The Bertz CT molecular complexity index is 1400. The minimum absolute atomic E-state index is 0.385. The van der Waals surface area contributed by atoms with Crippen LogP contribution in [0.3, 0.4) is 0 Å². The van der Waals surface area contributed by atoms with Crippen molar-refractivity contribution in [2.24, 2.45) is 5.92 Å². The Hall–Kier alpha value is -2.89. The van der Waals surface area contributed by atoms with Gasteiger partial charge in [0.15, 0.2) is 6.10 Å². The summed E-state index contributed by atoms with van der Waals surface area (Å²) in [5, 5.41) is 12.8. The molecule has 0 unspecified atom stereocenters. The molecular weight excluding hydrogens is 505 g/mol. The number of aryl methyl sites for hydroxylation is 1. The van der Waals surface area contributed by atoms with Gasteiger partial charge in [-0.25, -0.2) is 9.96 Å². The van der Waals surface area contributed by atoms with E-state index in [2.05, 4.69) is 6.07 Å². The van der Waals surface area contributed by atoms with Crippen LogP contribution >= 0.6 is 34.5 Å². The Morgan fingerprint density at radius 2 is 1.80 bits per heavy atom. The van der Waals surface area contributed by atoms with E-state index >= 15 is 0 Å². The lowest BCUT2D eigenvalue weighted by atomic mass is 9.90. The highest BCUT2D eigenvalue weighted by Gasteiger charge is 2.61. The lowest BCUT2D eigenvalue weighted by Crippen LogP contribution is -2.37. The summed E-state index contributed by atoms with van der Waals surface area (Å²) in [6.07, 6.45) is 2.66. The normalized spacial score (nSPS) is 23.4. The number of imide groups is 1. The van der Waals surface area contributed by atoms with E-state index in [4.69, 9.17) is 28.0 Å². The average molecular weight is 524 g/mol. The number of nitrogens with zero attached hydrogens (tertiary/aromatic N) is 3. The number of anilines is 2. The lowest BCUT2D eigenvalue weighted by Gasteiger charge is -2.29. The molecule has 2 aliphatic heterocycles. The number of carbonyl (C=O) groups is 2. The molecule has 35 heavy (non-hydrogen) atoms. The van der Waals surface area contributed by atoms with Gasteiger partial charge in [-0.2, -0.15) is 5.26 Å². The highest BCUT2D eigenvalue weighted by molar-refractivity contribution is 7.17. The van der Waals surface area contributed by atoms with Crippen molar-refractivity contribution in [1.29, 1.82) is 5.26 Å². The molecule has 0 bridgehead atoms. The molecule has 3 aliphatic rings. The zero-order valence-corrected chi connectivity index (χ0v) is 20.7. The quantitative estimate of drug-likeness (QED) is 0.402. The molecule has 2 fully saturated rings. The standard InChI is InChI=1S/C26H19Cl2N3O3S/c27-14-10-11-17(19(28)12-14)22-21-23(34-31(22)15-6-2-1-3-7-15)25(33)30(24(21)32)26-18(13-29)16-8-4-5-9-20(16)35-26/h1-3,6-7,10-12,21-23H,4-5,8-9H2/t21-,22-,23+/m0/s1. The Morgan fingerprint density at radius 3 is 2.54 bits per heavy atom. The van der Waals surface area contributed by atoms with E-state index in [1.165, 1.54) is 16.2 Å². The summed E-state index contributed by atoms with van der Waals surface area (Å²) in [4.78, 5) is 36.1. The van der Waals surface area contributed by atoms with E-state index in [0.717, 1.165) is 36.1 Å². The van der Waals surface area contributed by atoms with Crippen LogP contribution in [-0.4, -0.2) is 17.9 Å². The van der Waals surface area contributed by atoms with Gasteiger partial charge in [0, 0.05) is 14.9 Å². The second-order valence-electron chi connectivity index (χ2n) is 8.84. The Labute approximate surface area is 216 Å². The monoisotopic (exact) mass is 523 g/mol. The zero-order valence-electron chi connectivity index (χ0n) is 18.4. The van der Waals surface area contributed by atoms with Crippen molar-refractivity contribution in [3.8, 4) is 6.07 Å². The molecule has 1 aromatic heterocycles. The SMILES string of the molecule is N#Cc1c(N2C(=O)[C@@H]3[C@@H](ON(c4ccccc4)[C@H]3c3ccc(Cl)cc3Cl)C2=O)sc2c1CCCC2. The molecule has 3 atom stereocenters. The van der Waals surface area contributed by atoms with Gasteiger partial charge in [-0.3, -0.25) is 14.4 Å². The van der Waals surface area contributed by atoms with Gasteiger partial charge in [0.2, 0.25) is 5.91 Å². The van der Waals surface area contributed by atoms with Crippen LogP contribution in [-0.2, 0) is 27.3 Å². The minimum Gasteiger partial charge on any atom is -0.273 e. The average Bonchev–Trinajstić information content (AvgIpc) is 3.50. The van der Waals surface area contributed by atoms with E-state index in [0.29, 0.717) is 31.9 Å². The largest absolute Gasteiger partial charge is 0.273 e. The molecule has 0 radical (unpaired) electrons. The first-order valence-corrected chi connectivity index (χ1v) is 12.9. The van der Waals surface area contributed by atoms with E-state index in [1.807, 2.05) is 30.3 Å². The van der Waals surface area contributed by atoms with Gasteiger partial charge in [-0.1, -0.05) is 47.5 Å². The summed E-state index contributed by atoms with van der Waals surface area (Å²) in [5.41, 5.74) is 2.75. The van der Waals surface area contributed by atoms with Gasteiger partial charge in [-0.05, 0) is 61.1 Å². The van der Waals surface area contributed by atoms with Crippen LogP contribution in [0.5, 0.6) is 0 Å². The summed E-state index contributed by atoms with van der Waals surface area (Å²) < 4.78 is 0. The number of carbonyl (C=O) groups excluding carboxylic acids is 2. The number of nitriles is 1. The summed E-state index contributed by atoms with van der Waals surface area (Å²) >= 11 is 14.1. The maximum Gasteiger partial charge on any atom is 0.267 e. The second-order valence-corrected chi connectivity index (χ2v) is 10.8. The first-order valence-electron chi connectivity index (χ1n) is 11.4. The fourth-order valence-corrected chi connectivity index (χ4v) is 7.16. The van der Waals surface area contributed by atoms with Gasteiger partial charge >= 0.3 is 0 Å².